The molecule has 0 saturated heterocycles. The van der Waals surface area contributed by atoms with Crippen LogP contribution in [0, 0.1) is 20.8 Å². The highest BCUT2D eigenvalue weighted by Crippen LogP contribution is 2.39. The number of anilines is 1. The van der Waals surface area contributed by atoms with Gasteiger partial charge in [0.25, 0.3) is 0 Å². The van der Waals surface area contributed by atoms with E-state index in [0.29, 0.717) is 11.4 Å². The van der Waals surface area contributed by atoms with Crippen LogP contribution in [0.3, 0.4) is 0 Å². The molecule has 1 atom stereocenters. The molecule has 6 heteroatoms. The van der Waals surface area contributed by atoms with E-state index in [-0.39, 0.29) is 23.9 Å². The maximum atomic E-state index is 13.4. The van der Waals surface area contributed by atoms with Crippen LogP contribution in [0.25, 0.3) is 16.7 Å². The summed E-state index contributed by atoms with van der Waals surface area (Å²) in [7, 11) is 0. The Morgan fingerprint density at radius 3 is 2.57 bits per heavy atom. The van der Waals surface area contributed by atoms with Crippen molar-refractivity contribution in [3.8, 4) is 5.69 Å². The van der Waals surface area contributed by atoms with Gasteiger partial charge >= 0.3 is 0 Å². The minimum absolute atomic E-state index is 0.0717. The summed E-state index contributed by atoms with van der Waals surface area (Å²) >= 11 is 0. The van der Waals surface area contributed by atoms with Crippen molar-refractivity contribution in [3.05, 3.63) is 76.7 Å². The van der Waals surface area contributed by atoms with E-state index in [1.165, 1.54) is 0 Å². The fraction of sp³-hybridized carbons (Fsp3) is 0.208. The van der Waals surface area contributed by atoms with Gasteiger partial charge in [-0.05, 0) is 56.2 Å². The van der Waals surface area contributed by atoms with E-state index in [1.807, 2.05) is 57.2 Å². The molecule has 1 unspecified atom stereocenters. The predicted octanol–water partition coefficient (Wildman–Crippen LogP) is 4.85. The molecular formula is C24H21N3O3. The zero-order valence-corrected chi connectivity index (χ0v) is 17.0. The molecule has 2 aromatic heterocycles. The highest BCUT2D eigenvalue weighted by Gasteiger charge is 2.37. The zero-order chi connectivity index (χ0) is 21.0. The summed E-state index contributed by atoms with van der Waals surface area (Å²) in [4.78, 5) is 25.9. The fourth-order valence-electron chi connectivity index (χ4n) is 4.31. The number of carbonyl (C=O) groups is 2. The Morgan fingerprint density at radius 1 is 1.10 bits per heavy atom. The molecule has 5 rings (SSSR count). The van der Waals surface area contributed by atoms with Gasteiger partial charge in [0.05, 0.1) is 17.3 Å². The minimum Gasteiger partial charge on any atom is -0.453 e. The Hall–Kier alpha value is -3.67. The van der Waals surface area contributed by atoms with Crippen LogP contribution < -0.4 is 5.32 Å². The summed E-state index contributed by atoms with van der Waals surface area (Å²) in [6.07, 6.45) is 0.0717. The summed E-state index contributed by atoms with van der Waals surface area (Å²) in [6, 6.07) is 15.3. The van der Waals surface area contributed by atoms with Gasteiger partial charge in [0, 0.05) is 17.4 Å². The minimum atomic E-state index is -0.631. The molecule has 0 aliphatic carbocycles. The third-order valence-corrected chi connectivity index (χ3v) is 5.54. The number of aryl methyl sites for hydroxylation is 3. The SMILES string of the molecule is Cc1cc(C)cc(-n2nc(C)c3c2NC(=O)CC3C(=O)c2cc3ccccc3o2)c1. The Bertz CT molecular complexity index is 1280. The van der Waals surface area contributed by atoms with Crippen LogP contribution in [-0.4, -0.2) is 21.5 Å². The predicted molar refractivity (Wildman–Crippen MR) is 114 cm³/mol. The number of para-hydroxylation sites is 1. The lowest BCUT2D eigenvalue weighted by Crippen LogP contribution is -2.28. The van der Waals surface area contributed by atoms with Crippen molar-refractivity contribution in [3.63, 3.8) is 0 Å². The molecule has 1 aliphatic heterocycles. The molecule has 0 fully saturated rings. The van der Waals surface area contributed by atoms with Crippen molar-refractivity contribution >= 4 is 28.5 Å². The number of nitrogens with zero attached hydrogens (tertiary/aromatic N) is 2. The maximum absolute atomic E-state index is 13.4. The van der Waals surface area contributed by atoms with E-state index in [4.69, 9.17) is 4.42 Å². The molecule has 3 heterocycles. The lowest BCUT2D eigenvalue weighted by atomic mass is 9.87. The number of benzene rings is 2. The molecule has 0 spiro atoms. The second kappa shape index (κ2) is 6.69. The Morgan fingerprint density at radius 2 is 1.83 bits per heavy atom. The summed E-state index contributed by atoms with van der Waals surface area (Å²) in [5, 5.41) is 8.46. The number of aromatic nitrogens is 2. The van der Waals surface area contributed by atoms with Crippen LogP contribution in [0.1, 0.15) is 45.3 Å². The maximum Gasteiger partial charge on any atom is 0.226 e. The molecular weight excluding hydrogens is 378 g/mol. The molecule has 1 N–H and O–H groups in total. The van der Waals surface area contributed by atoms with E-state index in [0.717, 1.165) is 33.5 Å². The van der Waals surface area contributed by atoms with Crippen LogP contribution in [0.5, 0.6) is 0 Å². The van der Waals surface area contributed by atoms with Crippen molar-refractivity contribution in [2.45, 2.75) is 33.1 Å². The summed E-state index contributed by atoms with van der Waals surface area (Å²) < 4.78 is 7.51. The molecule has 0 radical (unpaired) electrons. The summed E-state index contributed by atoms with van der Waals surface area (Å²) in [6.45, 7) is 5.91. The summed E-state index contributed by atoms with van der Waals surface area (Å²) in [5.74, 6) is -0.217. The fourth-order valence-corrected chi connectivity index (χ4v) is 4.31. The number of Topliss-reactive ketones (excluding diaryl/α,β-unsaturated/α-hetero) is 1. The van der Waals surface area contributed by atoms with E-state index in [1.54, 1.807) is 10.7 Å². The average Bonchev–Trinajstić information content (AvgIpc) is 3.27. The second-order valence-corrected chi connectivity index (χ2v) is 7.92. The molecule has 0 saturated carbocycles. The van der Waals surface area contributed by atoms with Gasteiger partial charge in [-0.15, -0.1) is 0 Å². The van der Waals surface area contributed by atoms with E-state index in [2.05, 4.69) is 16.5 Å². The third-order valence-electron chi connectivity index (χ3n) is 5.54. The van der Waals surface area contributed by atoms with Crippen molar-refractivity contribution in [2.75, 3.05) is 5.32 Å². The standard InChI is InChI=1S/C24H21N3O3/c1-13-8-14(2)10-17(9-13)27-24-22(15(3)26-27)18(12-21(28)25-24)23(29)20-11-16-6-4-5-7-19(16)30-20/h4-11,18H,12H2,1-3H3,(H,25,28). The number of fused-ring (bicyclic) bond motifs is 2. The molecule has 1 amide bonds. The van der Waals surface area contributed by atoms with Gasteiger partial charge in [-0.25, -0.2) is 4.68 Å². The molecule has 30 heavy (non-hydrogen) atoms. The molecule has 0 bridgehead atoms. The van der Waals surface area contributed by atoms with Gasteiger partial charge in [-0.2, -0.15) is 5.10 Å². The van der Waals surface area contributed by atoms with Gasteiger partial charge in [-0.3, -0.25) is 9.59 Å². The third kappa shape index (κ3) is 2.92. The number of nitrogens with one attached hydrogen (secondary N) is 1. The first-order chi connectivity index (χ1) is 14.4. The van der Waals surface area contributed by atoms with E-state index < -0.39 is 5.92 Å². The topological polar surface area (TPSA) is 77.1 Å². The molecule has 1 aliphatic rings. The molecule has 4 aromatic rings. The first-order valence-corrected chi connectivity index (χ1v) is 9.91. The number of furan rings is 1. The molecule has 150 valence electrons. The zero-order valence-electron chi connectivity index (χ0n) is 17.0. The first-order valence-electron chi connectivity index (χ1n) is 9.91. The Labute approximate surface area is 173 Å². The highest BCUT2D eigenvalue weighted by atomic mass is 16.3. The van der Waals surface area contributed by atoms with E-state index in [9.17, 15) is 9.59 Å². The second-order valence-electron chi connectivity index (χ2n) is 7.92. The highest BCUT2D eigenvalue weighted by molar-refractivity contribution is 6.08. The van der Waals surface area contributed by atoms with Crippen LogP contribution >= 0.6 is 0 Å². The van der Waals surface area contributed by atoms with Crippen molar-refractivity contribution < 1.29 is 14.0 Å². The van der Waals surface area contributed by atoms with Crippen molar-refractivity contribution in [1.29, 1.82) is 0 Å². The number of hydrogen-bond acceptors (Lipinski definition) is 4. The smallest absolute Gasteiger partial charge is 0.226 e. The monoisotopic (exact) mass is 399 g/mol. The van der Waals surface area contributed by atoms with Gasteiger partial charge in [0.1, 0.15) is 11.4 Å². The Balaban J connectivity index is 1.62. The van der Waals surface area contributed by atoms with Crippen molar-refractivity contribution in [1.82, 2.24) is 9.78 Å². The average molecular weight is 399 g/mol. The number of rotatable bonds is 3. The molecule has 6 nitrogen and oxygen atoms in total. The normalized spacial score (nSPS) is 15.8. The lowest BCUT2D eigenvalue weighted by Gasteiger charge is -2.22. The van der Waals surface area contributed by atoms with Crippen LogP contribution in [0.2, 0.25) is 0 Å². The number of ketones is 1. The molecule has 2 aromatic carbocycles. The number of amides is 1. The van der Waals surface area contributed by atoms with Gasteiger partial charge in [0.15, 0.2) is 5.76 Å². The quantitative estimate of drug-likeness (QED) is 0.500. The summed E-state index contributed by atoms with van der Waals surface area (Å²) in [5.41, 5.74) is 5.18. The van der Waals surface area contributed by atoms with Gasteiger partial charge in [-0.1, -0.05) is 24.3 Å². The first kappa shape index (κ1) is 18.4. The lowest BCUT2D eigenvalue weighted by molar-refractivity contribution is -0.116. The number of hydrogen-bond donors (Lipinski definition) is 1. The van der Waals surface area contributed by atoms with E-state index >= 15 is 0 Å². The number of carbonyl (C=O) groups excluding carboxylic acids is 2. The van der Waals surface area contributed by atoms with Crippen LogP contribution in [0.15, 0.2) is 52.9 Å². The largest absolute Gasteiger partial charge is 0.453 e. The van der Waals surface area contributed by atoms with Gasteiger partial charge < -0.3 is 9.73 Å². The van der Waals surface area contributed by atoms with Gasteiger partial charge in [0.2, 0.25) is 11.7 Å². The van der Waals surface area contributed by atoms with Crippen molar-refractivity contribution in [2.24, 2.45) is 0 Å². The Kier molecular flexibility index (Phi) is 4.10. The van der Waals surface area contributed by atoms with Crippen LogP contribution in [-0.2, 0) is 4.79 Å². The van der Waals surface area contributed by atoms with Crippen LogP contribution in [0.4, 0.5) is 5.82 Å².